The summed E-state index contributed by atoms with van der Waals surface area (Å²) in [6.45, 7) is -0.284. The number of amides is 2. The Morgan fingerprint density at radius 1 is 0.972 bits per heavy atom. The molecule has 0 saturated heterocycles. The van der Waals surface area contributed by atoms with Gasteiger partial charge in [-0.2, -0.15) is 0 Å². The van der Waals surface area contributed by atoms with E-state index in [4.69, 9.17) is 4.74 Å². The minimum absolute atomic E-state index is 0.0306. The molecule has 1 aliphatic carbocycles. The number of hydrogen-bond acceptors (Lipinski definition) is 3. The fraction of sp³-hybridized carbons (Fsp3) is 0.310. The van der Waals surface area contributed by atoms with Crippen LogP contribution in [0.2, 0.25) is 0 Å². The number of nitrogens with zero attached hydrogens (tertiary/aromatic N) is 1. The molecule has 1 atom stereocenters. The molecule has 1 saturated carbocycles. The zero-order valence-corrected chi connectivity index (χ0v) is 22.2. The zero-order valence-electron chi connectivity index (χ0n) is 20.0. The van der Waals surface area contributed by atoms with Gasteiger partial charge in [0.15, 0.2) is 6.61 Å². The molecule has 0 unspecified atom stereocenters. The second-order valence-electron chi connectivity index (χ2n) is 9.05. The van der Waals surface area contributed by atoms with Gasteiger partial charge >= 0.3 is 0 Å². The summed E-state index contributed by atoms with van der Waals surface area (Å²) >= 11 is 2.20. The SMILES string of the molecule is O=C(NC1CCCC1)[C@@H](Cc1ccccc1)N(Cc1ccccc1F)C(=O)COc1ccc(I)cc1. The van der Waals surface area contributed by atoms with Gasteiger partial charge in [0.05, 0.1) is 0 Å². The van der Waals surface area contributed by atoms with Gasteiger partial charge in [-0.25, -0.2) is 4.39 Å². The molecule has 3 aromatic carbocycles. The summed E-state index contributed by atoms with van der Waals surface area (Å²) in [4.78, 5) is 28.6. The predicted molar refractivity (Wildman–Crippen MR) is 146 cm³/mol. The molecule has 1 fully saturated rings. The minimum Gasteiger partial charge on any atom is -0.484 e. The molecule has 0 bridgehead atoms. The lowest BCUT2D eigenvalue weighted by molar-refractivity contribution is -0.143. The van der Waals surface area contributed by atoms with Gasteiger partial charge in [-0.15, -0.1) is 0 Å². The summed E-state index contributed by atoms with van der Waals surface area (Å²) in [6.07, 6.45) is 4.34. The molecule has 2 amide bonds. The first-order valence-corrected chi connectivity index (χ1v) is 13.3. The van der Waals surface area contributed by atoms with Crippen molar-refractivity contribution in [3.63, 3.8) is 0 Å². The van der Waals surface area contributed by atoms with Crippen molar-refractivity contribution in [3.05, 3.63) is 99.4 Å². The van der Waals surface area contributed by atoms with Crippen molar-refractivity contribution in [1.82, 2.24) is 10.2 Å². The van der Waals surface area contributed by atoms with E-state index in [0.29, 0.717) is 17.7 Å². The maximum atomic E-state index is 14.7. The van der Waals surface area contributed by atoms with E-state index in [1.54, 1.807) is 30.3 Å². The molecule has 0 aromatic heterocycles. The molecule has 7 heteroatoms. The Morgan fingerprint density at radius 2 is 1.64 bits per heavy atom. The molecule has 3 aromatic rings. The summed E-state index contributed by atoms with van der Waals surface area (Å²) in [6, 6.07) is 22.6. The first kappa shape index (κ1) is 26.1. The van der Waals surface area contributed by atoms with Crippen molar-refractivity contribution in [1.29, 1.82) is 0 Å². The van der Waals surface area contributed by atoms with Crippen molar-refractivity contribution >= 4 is 34.4 Å². The summed E-state index contributed by atoms with van der Waals surface area (Å²) in [5.41, 5.74) is 1.28. The molecule has 1 aliphatic rings. The Bertz CT molecular complexity index is 1150. The molecular formula is C29H30FIN2O3. The average Bonchev–Trinajstić information content (AvgIpc) is 3.40. The number of carbonyl (C=O) groups is 2. The highest BCUT2D eigenvalue weighted by Crippen LogP contribution is 2.21. The van der Waals surface area contributed by atoms with Gasteiger partial charge in [0.2, 0.25) is 5.91 Å². The van der Waals surface area contributed by atoms with Gasteiger partial charge in [0, 0.05) is 28.1 Å². The lowest BCUT2D eigenvalue weighted by Gasteiger charge is -2.32. The van der Waals surface area contributed by atoms with E-state index in [1.165, 1.54) is 11.0 Å². The van der Waals surface area contributed by atoms with Crippen LogP contribution >= 0.6 is 22.6 Å². The smallest absolute Gasteiger partial charge is 0.261 e. The third-order valence-corrected chi connectivity index (χ3v) is 7.17. The van der Waals surface area contributed by atoms with Crippen LogP contribution in [0.3, 0.4) is 0 Å². The first-order chi connectivity index (χ1) is 17.5. The Kier molecular flexibility index (Phi) is 9.33. The van der Waals surface area contributed by atoms with Gasteiger partial charge in [-0.05, 0) is 71.3 Å². The number of halogens is 2. The minimum atomic E-state index is -0.805. The van der Waals surface area contributed by atoms with Crippen LogP contribution in [0.1, 0.15) is 36.8 Å². The second-order valence-corrected chi connectivity index (χ2v) is 10.3. The molecule has 0 aliphatic heterocycles. The van der Waals surface area contributed by atoms with Crippen molar-refractivity contribution in [2.75, 3.05) is 6.61 Å². The highest BCUT2D eigenvalue weighted by atomic mass is 127. The number of carbonyl (C=O) groups excluding carboxylic acids is 2. The molecule has 188 valence electrons. The molecule has 36 heavy (non-hydrogen) atoms. The molecule has 4 rings (SSSR count). The predicted octanol–water partition coefficient (Wildman–Crippen LogP) is 5.51. The highest BCUT2D eigenvalue weighted by molar-refractivity contribution is 14.1. The Morgan fingerprint density at radius 3 is 2.33 bits per heavy atom. The molecule has 0 radical (unpaired) electrons. The second kappa shape index (κ2) is 12.9. The molecular weight excluding hydrogens is 570 g/mol. The third-order valence-electron chi connectivity index (χ3n) is 6.45. The van der Waals surface area contributed by atoms with Crippen LogP contribution in [0.15, 0.2) is 78.9 Å². The quantitative estimate of drug-likeness (QED) is 0.313. The van der Waals surface area contributed by atoms with Crippen molar-refractivity contribution in [3.8, 4) is 5.75 Å². The fourth-order valence-electron chi connectivity index (χ4n) is 4.49. The summed E-state index contributed by atoms with van der Waals surface area (Å²) in [5, 5.41) is 3.15. The van der Waals surface area contributed by atoms with E-state index in [9.17, 15) is 14.0 Å². The largest absolute Gasteiger partial charge is 0.484 e. The number of benzene rings is 3. The normalized spacial score (nSPS) is 14.3. The fourth-order valence-corrected chi connectivity index (χ4v) is 4.85. The number of rotatable bonds is 10. The molecule has 5 nitrogen and oxygen atoms in total. The van der Waals surface area contributed by atoms with E-state index in [-0.39, 0.29) is 31.0 Å². The van der Waals surface area contributed by atoms with Crippen LogP contribution in [0.4, 0.5) is 4.39 Å². The number of nitrogens with one attached hydrogen (secondary N) is 1. The summed E-state index contributed by atoms with van der Waals surface area (Å²) in [7, 11) is 0. The maximum Gasteiger partial charge on any atom is 0.261 e. The maximum absolute atomic E-state index is 14.7. The average molecular weight is 600 g/mol. The first-order valence-electron chi connectivity index (χ1n) is 12.2. The third kappa shape index (κ3) is 7.29. The van der Waals surface area contributed by atoms with Crippen LogP contribution in [-0.2, 0) is 22.6 Å². The van der Waals surface area contributed by atoms with Crippen LogP contribution in [0.25, 0.3) is 0 Å². The van der Waals surface area contributed by atoms with E-state index >= 15 is 0 Å². The topological polar surface area (TPSA) is 58.6 Å². The number of hydrogen-bond donors (Lipinski definition) is 1. The van der Waals surface area contributed by atoms with Crippen molar-refractivity contribution in [2.45, 2.75) is 50.7 Å². The Balaban J connectivity index is 1.61. The zero-order chi connectivity index (χ0) is 25.3. The van der Waals surface area contributed by atoms with E-state index in [0.717, 1.165) is 34.8 Å². The van der Waals surface area contributed by atoms with E-state index in [1.807, 2.05) is 42.5 Å². The highest BCUT2D eigenvalue weighted by Gasteiger charge is 2.32. The monoisotopic (exact) mass is 600 g/mol. The Hall–Kier alpha value is -2.94. The van der Waals surface area contributed by atoms with Gasteiger partial charge < -0.3 is 15.0 Å². The van der Waals surface area contributed by atoms with Gasteiger partial charge in [-0.1, -0.05) is 61.4 Å². The van der Waals surface area contributed by atoms with E-state index < -0.39 is 11.9 Å². The molecule has 0 heterocycles. The van der Waals surface area contributed by atoms with Crippen molar-refractivity contribution < 1.29 is 18.7 Å². The summed E-state index contributed by atoms with van der Waals surface area (Å²) in [5.74, 6) is -0.447. The Labute approximate surface area is 225 Å². The van der Waals surface area contributed by atoms with E-state index in [2.05, 4.69) is 27.9 Å². The van der Waals surface area contributed by atoms with Crippen LogP contribution in [-0.4, -0.2) is 35.4 Å². The molecule has 1 N–H and O–H groups in total. The van der Waals surface area contributed by atoms with Gasteiger partial charge in [0.1, 0.15) is 17.6 Å². The molecule has 0 spiro atoms. The number of ether oxygens (including phenoxy) is 1. The lowest BCUT2D eigenvalue weighted by atomic mass is 10.0. The van der Waals surface area contributed by atoms with Crippen LogP contribution < -0.4 is 10.1 Å². The van der Waals surface area contributed by atoms with Crippen LogP contribution in [0.5, 0.6) is 5.75 Å². The van der Waals surface area contributed by atoms with Crippen LogP contribution in [0, 0.1) is 9.39 Å². The van der Waals surface area contributed by atoms with Gasteiger partial charge in [-0.3, -0.25) is 9.59 Å². The van der Waals surface area contributed by atoms with Crippen molar-refractivity contribution in [2.24, 2.45) is 0 Å². The summed E-state index contributed by atoms with van der Waals surface area (Å²) < 4.78 is 21.5. The standard InChI is InChI=1S/C29H30FIN2O3/c30-26-13-7-4-10-22(26)19-33(28(34)20-36-25-16-14-23(31)15-17-25)27(18-21-8-2-1-3-9-21)29(35)32-24-11-5-6-12-24/h1-4,7-10,13-17,24,27H,5-6,11-12,18-20H2,(H,32,35)/t27-/m1/s1. The lowest BCUT2D eigenvalue weighted by Crippen LogP contribution is -2.53. The van der Waals surface area contributed by atoms with Gasteiger partial charge in [0.25, 0.3) is 5.91 Å².